The molecule has 0 aromatic carbocycles. The van der Waals surface area contributed by atoms with Crippen molar-refractivity contribution >= 4 is 11.8 Å². The van der Waals surface area contributed by atoms with Gasteiger partial charge in [0, 0.05) is 6.42 Å². The molecule has 24 heavy (non-hydrogen) atoms. The summed E-state index contributed by atoms with van der Waals surface area (Å²) in [6.07, 6.45) is 7.01. The fourth-order valence-electron chi connectivity index (χ4n) is 7.09. The molecule has 0 radical (unpaired) electrons. The average Bonchev–Trinajstić information content (AvgIpc) is 2.84. The number of hydrogen-bond acceptors (Lipinski definition) is 3. The predicted octanol–water partition coefficient (Wildman–Crippen LogP) is 3.19. The Hall–Kier alpha value is -1.16. The number of allylic oxidation sites excluding steroid dienone is 1. The smallest absolute Gasteiger partial charge is 0.307 e. The highest BCUT2D eigenvalue weighted by molar-refractivity contribution is 5.91. The number of aliphatic hydroxyl groups is 1. The number of carbonyl (C=O) groups excluding carboxylic acids is 1. The van der Waals surface area contributed by atoms with Crippen molar-refractivity contribution in [2.45, 2.75) is 64.9 Å². The molecule has 132 valence electrons. The second-order valence-corrected chi connectivity index (χ2v) is 9.13. The number of carboxylic acid groups (broad SMARTS) is 1. The summed E-state index contributed by atoms with van der Waals surface area (Å²) in [6.45, 7) is 4.33. The van der Waals surface area contributed by atoms with Crippen LogP contribution in [0.3, 0.4) is 0 Å². The van der Waals surface area contributed by atoms with E-state index in [1.54, 1.807) is 0 Å². The molecular weight excluding hydrogens is 304 g/mol. The zero-order chi connectivity index (χ0) is 17.3. The van der Waals surface area contributed by atoms with Crippen LogP contribution < -0.4 is 0 Å². The van der Waals surface area contributed by atoms with Gasteiger partial charge in [0.1, 0.15) is 0 Å². The fraction of sp³-hybridized carbons (Fsp3) is 0.800. The third-order valence-electron chi connectivity index (χ3n) is 8.19. The first-order valence-corrected chi connectivity index (χ1v) is 9.42. The molecule has 0 aromatic rings. The van der Waals surface area contributed by atoms with E-state index < -0.39 is 12.1 Å². The zero-order valence-corrected chi connectivity index (χ0v) is 14.6. The van der Waals surface area contributed by atoms with Crippen molar-refractivity contribution in [3.05, 3.63) is 11.6 Å². The molecule has 0 spiro atoms. The van der Waals surface area contributed by atoms with Crippen LogP contribution in [0.1, 0.15) is 58.8 Å². The number of carbonyl (C=O) groups is 2. The Labute approximate surface area is 143 Å². The van der Waals surface area contributed by atoms with Crippen molar-refractivity contribution < 1.29 is 19.8 Å². The van der Waals surface area contributed by atoms with Gasteiger partial charge in [-0.05, 0) is 73.2 Å². The highest BCUT2D eigenvalue weighted by Gasteiger charge is 2.63. The van der Waals surface area contributed by atoms with Crippen molar-refractivity contribution in [3.8, 4) is 0 Å². The Morgan fingerprint density at radius 1 is 1.21 bits per heavy atom. The highest BCUT2D eigenvalue weighted by atomic mass is 16.4. The second-order valence-electron chi connectivity index (χ2n) is 9.13. The number of hydrogen-bond donors (Lipinski definition) is 2. The monoisotopic (exact) mass is 332 g/mol. The molecule has 0 aliphatic heterocycles. The molecule has 0 amide bonds. The van der Waals surface area contributed by atoms with Gasteiger partial charge < -0.3 is 10.2 Å². The van der Waals surface area contributed by atoms with Gasteiger partial charge in [-0.25, -0.2) is 0 Å². The van der Waals surface area contributed by atoms with Gasteiger partial charge in [0.2, 0.25) is 0 Å². The van der Waals surface area contributed by atoms with E-state index in [0.717, 1.165) is 32.1 Å². The number of carboxylic acids is 1. The lowest BCUT2D eigenvalue weighted by Gasteiger charge is -2.59. The summed E-state index contributed by atoms with van der Waals surface area (Å²) in [5.41, 5.74) is 0.864. The molecule has 4 aliphatic rings. The SMILES string of the molecule is C[C@]12CC(O)[C@H]3[C@@H](CCC4=CC(=O)CC[C@@]43C)[C@@H]1CC[C@@H]2C(=O)O. The molecule has 7 atom stereocenters. The van der Waals surface area contributed by atoms with Gasteiger partial charge in [-0.1, -0.05) is 19.4 Å². The summed E-state index contributed by atoms with van der Waals surface area (Å²) in [5.74, 6) is 0.160. The van der Waals surface area contributed by atoms with Gasteiger partial charge >= 0.3 is 5.97 Å². The minimum absolute atomic E-state index is 0.0844. The number of fused-ring (bicyclic) bond motifs is 5. The molecule has 0 aromatic heterocycles. The predicted molar refractivity (Wildman–Crippen MR) is 89.2 cm³/mol. The topological polar surface area (TPSA) is 74.6 Å². The first kappa shape index (κ1) is 16.3. The van der Waals surface area contributed by atoms with Gasteiger partial charge in [-0.3, -0.25) is 9.59 Å². The van der Waals surface area contributed by atoms with Crippen molar-refractivity contribution in [1.82, 2.24) is 0 Å². The molecule has 3 fully saturated rings. The molecular formula is C20H28O4. The van der Waals surface area contributed by atoms with Crippen LogP contribution in [-0.4, -0.2) is 28.1 Å². The van der Waals surface area contributed by atoms with Crippen LogP contribution in [0.2, 0.25) is 0 Å². The number of rotatable bonds is 1. The molecule has 0 saturated heterocycles. The largest absolute Gasteiger partial charge is 0.481 e. The first-order chi connectivity index (χ1) is 11.3. The maximum Gasteiger partial charge on any atom is 0.307 e. The second kappa shape index (κ2) is 5.17. The minimum atomic E-state index is -0.698. The number of ketones is 1. The molecule has 4 aliphatic carbocycles. The van der Waals surface area contributed by atoms with Crippen molar-refractivity contribution in [3.63, 3.8) is 0 Å². The van der Waals surface area contributed by atoms with Gasteiger partial charge in [-0.2, -0.15) is 0 Å². The van der Waals surface area contributed by atoms with Gasteiger partial charge in [0.05, 0.1) is 12.0 Å². The summed E-state index contributed by atoms with van der Waals surface area (Å²) in [6, 6.07) is 0. The van der Waals surface area contributed by atoms with E-state index in [2.05, 4.69) is 13.8 Å². The molecule has 1 unspecified atom stereocenters. The molecule has 0 bridgehead atoms. The molecule has 2 N–H and O–H groups in total. The van der Waals surface area contributed by atoms with E-state index in [1.807, 2.05) is 6.08 Å². The van der Waals surface area contributed by atoms with Crippen LogP contribution in [0.4, 0.5) is 0 Å². The maximum absolute atomic E-state index is 11.8. The van der Waals surface area contributed by atoms with Crippen LogP contribution in [0.25, 0.3) is 0 Å². The summed E-state index contributed by atoms with van der Waals surface area (Å²) >= 11 is 0. The Kier molecular flexibility index (Phi) is 3.51. The Morgan fingerprint density at radius 3 is 2.67 bits per heavy atom. The van der Waals surface area contributed by atoms with Crippen LogP contribution in [0, 0.1) is 34.5 Å². The van der Waals surface area contributed by atoms with Gasteiger partial charge in [-0.15, -0.1) is 0 Å². The summed E-state index contributed by atoms with van der Waals surface area (Å²) < 4.78 is 0. The van der Waals surface area contributed by atoms with Crippen LogP contribution >= 0.6 is 0 Å². The maximum atomic E-state index is 11.8. The average molecular weight is 332 g/mol. The van der Waals surface area contributed by atoms with Gasteiger partial charge in [0.15, 0.2) is 5.78 Å². The molecule has 0 heterocycles. The molecule has 4 nitrogen and oxygen atoms in total. The number of aliphatic hydroxyl groups excluding tert-OH is 1. The summed E-state index contributed by atoms with van der Waals surface area (Å²) in [4.78, 5) is 23.6. The molecule has 4 heteroatoms. The normalized spacial score (nSPS) is 50.5. The minimum Gasteiger partial charge on any atom is -0.481 e. The molecule has 3 saturated carbocycles. The van der Waals surface area contributed by atoms with Crippen molar-refractivity contribution in [2.24, 2.45) is 34.5 Å². The third kappa shape index (κ3) is 2.01. The van der Waals surface area contributed by atoms with Crippen LogP contribution in [-0.2, 0) is 9.59 Å². The van der Waals surface area contributed by atoms with E-state index in [4.69, 9.17) is 0 Å². The molecule has 4 rings (SSSR count). The van der Waals surface area contributed by atoms with E-state index in [1.165, 1.54) is 5.57 Å². The Balaban J connectivity index is 1.72. The quantitative estimate of drug-likeness (QED) is 0.773. The van der Waals surface area contributed by atoms with E-state index in [0.29, 0.717) is 24.7 Å². The van der Waals surface area contributed by atoms with Crippen molar-refractivity contribution in [2.75, 3.05) is 0 Å². The lowest BCUT2D eigenvalue weighted by Crippen LogP contribution is -2.57. The third-order valence-corrected chi connectivity index (χ3v) is 8.19. The Morgan fingerprint density at radius 2 is 1.96 bits per heavy atom. The lowest BCUT2D eigenvalue weighted by molar-refractivity contribution is -0.158. The van der Waals surface area contributed by atoms with Gasteiger partial charge in [0.25, 0.3) is 0 Å². The van der Waals surface area contributed by atoms with E-state index in [-0.39, 0.29) is 28.4 Å². The van der Waals surface area contributed by atoms with Crippen LogP contribution in [0.15, 0.2) is 11.6 Å². The van der Waals surface area contributed by atoms with E-state index >= 15 is 0 Å². The highest BCUT2D eigenvalue weighted by Crippen LogP contribution is 2.66. The van der Waals surface area contributed by atoms with E-state index in [9.17, 15) is 19.8 Å². The Bertz CT molecular complexity index is 623. The fourth-order valence-corrected chi connectivity index (χ4v) is 7.09. The van der Waals surface area contributed by atoms with Crippen LogP contribution in [0.5, 0.6) is 0 Å². The lowest BCUT2D eigenvalue weighted by atomic mass is 9.46. The number of aliphatic carboxylic acids is 1. The van der Waals surface area contributed by atoms with Crippen molar-refractivity contribution in [1.29, 1.82) is 0 Å². The zero-order valence-electron chi connectivity index (χ0n) is 14.6. The summed E-state index contributed by atoms with van der Waals surface area (Å²) in [7, 11) is 0. The summed E-state index contributed by atoms with van der Waals surface area (Å²) in [5, 5.41) is 20.7. The standard InChI is InChI=1S/C20H28O4/c1-19-8-7-12(21)9-11(19)3-4-13-14-5-6-15(18(23)24)20(14,2)10-16(22)17(13)19/h9,13-17,22H,3-8,10H2,1-2H3,(H,23,24)/t13-,14-,15+,16?,17+,19-,20-/m0/s1. The first-order valence-electron chi connectivity index (χ1n) is 9.42.